The second-order valence-corrected chi connectivity index (χ2v) is 3.93. The van der Waals surface area contributed by atoms with Crippen molar-refractivity contribution >= 4 is 22.7 Å². The van der Waals surface area contributed by atoms with Crippen LogP contribution in [-0.4, -0.2) is 41.4 Å². The number of ether oxygens (including phenoxy) is 1. The van der Waals surface area contributed by atoms with Crippen molar-refractivity contribution in [2.45, 2.75) is 6.04 Å². The molecular weight excluding hydrogens is 232 g/mol. The zero-order valence-corrected chi connectivity index (χ0v) is 10.1. The molecule has 1 unspecified atom stereocenters. The molecule has 2 aromatic rings. The molecule has 0 aliphatic carbocycles. The number of benzene rings is 1. The van der Waals surface area contributed by atoms with E-state index in [2.05, 4.69) is 15.3 Å². The lowest BCUT2D eigenvalue weighted by atomic mass is 10.2. The molecule has 6 heteroatoms. The van der Waals surface area contributed by atoms with Crippen molar-refractivity contribution in [3.05, 3.63) is 24.3 Å². The van der Waals surface area contributed by atoms with E-state index in [1.165, 1.54) is 0 Å². The summed E-state index contributed by atoms with van der Waals surface area (Å²) in [6, 6.07) is 7.32. The molecule has 0 spiro atoms. The Bertz CT molecular complexity index is 532. The lowest BCUT2D eigenvalue weighted by Gasteiger charge is -2.17. The van der Waals surface area contributed by atoms with Crippen LogP contribution >= 0.6 is 0 Å². The quantitative estimate of drug-likeness (QED) is 0.718. The van der Waals surface area contributed by atoms with Gasteiger partial charge < -0.3 is 20.9 Å². The first-order valence-corrected chi connectivity index (χ1v) is 5.63. The summed E-state index contributed by atoms with van der Waals surface area (Å²) in [5, 5.41) is 13.2. The second-order valence-electron chi connectivity index (χ2n) is 3.93. The molecule has 0 saturated heterocycles. The van der Waals surface area contributed by atoms with E-state index in [0.29, 0.717) is 12.4 Å². The van der Waals surface area contributed by atoms with Gasteiger partial charge in [0.15, 0.2) is 0 Å². The van der Waals surface area contributed by atoms with Crippen LogP contribution in [0.2, 0.25) is 0 Å². The number of aliphatic hydroxyl groups is 1. The van der Waals surface area contributed by atoms with E-state index in [9.17, 15) is 5.11 Å². The van der Waals surface area contributed by atoms with E-state index in [1.807, 2.05) is 24.3 Å². The topological polar surface area (TPSA) is 93.3 Å². The van der Waals surface area contributed by atoms with Crippen LogP contribution in [0.15, 0.2) is 24.3 Å². The highest BCUT2D eigenvalue weighted by Crippen LogP contribution is 2.21. The summed E-state index contributed by atoms with van der Waals surface area (Å²) >= 11 is 0. The molecule has 0 aliphatic heterocycles. The SMILES string of the molecule is COCC(CO)Nc1nc(N)nc2ccccc12. The van der Waals surface area contributed by atoms with Crippen LogP contribution < -0.4 is 11.1 Å². The standard InChI is InChI=1S/C12H16N4O2/c1-18-7-8(6-17)14-11-9-4-2-3-5-10(9)15-12(13)16-11/h2-5,8,17H,6-7H2,1H3,(H3,13,14,15,16). The number of nitrogen functional groups attached to an aromatic ring is 1. The highest BCUT2D eigenvalue weighted by molar-refractivity contribution is 5.89. The van der Waals surface area contributed by atoms with Gasteiger partial charge in [0, 0.05) is 12.5 Å². The number of rotatable bonds is 5. The number of fused-ring (bicyclic) bond motifs is 1. The minimum absolute atomic E-state index is 0.0495. The molecule has 1 heterocycles. The largest absolute Gasteiger partial charge is 0.394 e. The van der Waals surface area contributed by atoms with Crippen LogP contribution in [0, 0.1) is 0 Å². The fourth-order valence-corrected chi connectivity index (χ4v) is 1.74. The maximum Gasteiger partial charge on any atom is 0.222 e. The van der Waals surface area contributed by atoms with Gasteiger partial charge in [-0.05, 0) is 12.1 Å². The lowest BCUT2D eigenvalue weighted by Crippen LogP contribution is -2.29. The van der Waals surface area contributed by atoms with E-state index in [0.717, 1.165) is 10.9 Å². The normalized spacial score (nSPS) is 12.6. The van der Waals surface area contributed by atoms with Gasteiger partial charge in [-0.2, -0.15) is 4.98 Å². The van der Waals surface area contributed by atoms with Gasteiger partial charge in [0.1, 0.15) is 5.82 Å². The van der Waals surface area contributed by atoms with Crippen molar-refractivity contribution in [2.75, 3.05) is 31.4 Å². The van der Waals surface area contributed by atoms with Crippen molar-refractivity contribution < 1.29 is 9.84 Å². The summed E-state index contributed by atoms with van der Waals surface area (Å²) in [6.45, 7) is 0.334. The molecule has 0 fully saturated rings. The van der Waals surface area contributed by atoms with Crippen LogP contribution in [0.1, 0.15) is 0 Å². The number of nitrogens with zero attached hydrogens (tertiary/aromatic N) is 2. The third-order valence-corrected chi connectivity index (χ3v) is 2.55. The fourth-order valence-electron chi connectivity index (χ4n) is 1.74. The Morgan fingerprint density at radius 1 is 1.39 bits per heavy atom. The molecule has 1 aromatic heterocycles. The molecule has 0 amide bonds. The summed E-state index contributed by atoms with van der Waals surface area (Å²) in [5.74, 6) is 0.805. The zero-order valence-electron chi connectivity index (χ0n) is 10.1. The smallest absolute Gasteiger partial charge is 0.222 e. The van der Waals surface area contributed by atoms with Crippen LogP contribution in [0.5, 0.6) is 0 Å². The van der Waals surface area contributed by atoms with E-state index >= 15 is 0 Å². The Morgan fingerprint density at radius 3 is 2.89 bits per heavy atom. The Hall–Kier alpha value is -1.92. The molecule has 96 valence electrons. The minimum atomic E-state index is -0.229. The average Bonchev–Trinajstić information content (AvgIpc) is 2.38. The van der Waals surface area contributed by atoms with Crippen LogP contribution in [0.3, 0.4) is 0 Å². The molecule has 1 atom stereocenters. The molecule has 18 heavy (non-hydrogen) atoms. The van der Waals surface area contributed by atoms with Gasteiger partial charge in [0.2, 0.25) is 5.95 Å². The molecule has 0 aliphatic rings. The number of para-hydroxylation sites is 1. The third kappa shape index (κ3) is 2.66. The third-order valence-electron chi connectivity index (χ3n) is 2.55. The monoisotopic (exact) mass is 248 g/mol. The van der Waals surface area contributed by atoms with Gasteiger partial charge >= 0.3 is 0 Å². The molecular formula is C12H16N4O2. The molecule has 1 aromatic carbocycles. The number of aromatic nitrogens is 2. The summed E-state index contributed by atoms with van der Waals surface area (Å²) < 4.78 is 5.01. The number of nitrogens with one attached hydrogen (secondary N) is 1. The van der Waals surface area contributed by atoms with Gasteiger partial charge in [-0.25, -0.2) is 4.98 Å². The van der Waals surface area contributed by atoms with Crippen molar-refractivity contribution in [2.24, 2.45) is 0 Å². The van der Waals surface area contributed by atoms with E-state index in [1.54, 1.807) is 7.11 Å². The summed E-state index contributed by atoms with van der Waals surface area (Å²) in [6.07, 6.45) is 0. The number of hydrogen-bond acceptors (Lipinski definition) is 6. The fraction of sp³-hybridized carbons (Fsp3) is 0.333. The van der Waals surface area contributed by atoms with Gasteiger partial charge in [-0.3, -0.25) is 0 Å². The van der Waals surface area contributed by atoms with Gasteiger partial charge in [-0.15, -0.1) is 0 Å². The molecule has 4 N–H and O–H groups in total. The van der Waals surface area contributed by atoms with E-state index < -0.39 is 0 Å². The molecule has 0 bridgehead atoms. The maximum atomic E-state index is 9.24. The highest BCUT2D eigenvalue weighted by Gasteiger charge is 2.11. The van der Waals surface area contributed by atoms with E-state index in [-0.39, 0.29) is 18.6 Å². The Morgan fingerprint density at radius 2 is 2.17 bits per heavy atom. The summed E-state index contributed by atoms with van der Waals surface area (Å²) in [4.78, 5) is 8.31. The molecule has 2 rings (SSSR count). The van der Waals surface area contributed by atoms with Crippen molar-refractivity contribution in [1.82, 2.24) is 9.97 Å². The Labute approximate surface area is 105 Å². The number of anilines is 2. The van der Waals surface area contributed by atoms with Crippen LogP contribution in [0.4, 0.5) is 11.8 Å². The number of methoxy groups -OCH3 is 1. The van der Waals surface area contributed by atoms with Gasteiger partial charge in [-0.1, -0.05) is 12.1 Å². The van der Waals surface area contributed by atoms with Gasteiger partial charge in [0.25, 0.3) is 0 Å². The average molecular weight is 248 g/mol. The van der Waals surface area contributed by atoms with Crippen molar-refractivity contribution in [3.63, 3.8) is 0 Å². The summed E-state index contributed by atoms with van der Waals surface area (Å²) in [7, 11) is 1.58. The highest BCUT2D eigenvalue weighted by atomic mass is 16.5. The Balaban J connectivity index is 2.37. The maximum absolute atomic E-state index is 9.24. The van der Waals surface area contributed by atoms with Crippen LogP contribution in [-0.2, 0) is 4.74 Å². The second kappa shape index (κ2) is 5.61. The number of aliphatic hydroxyl groups excluding tert-OH is 1. The molecule has 0 radical (unpaired) electrons. The zero-order chi connectivity index (χ0) is 13.0. The predicted molar refractivity (Wildman–Crippen MR) is 70.3 cm³/mol. The lowest BCUT2D eigenvalue weighted by molar-refractivity contribution is 0.153. The first kappa shape index (κ1) is 12.5. The number of nitrogens with two attached hydrogens (primary N) is 1. The van der Waals surface area contributed by atoms with Gasteiger partial charge in [0.05, 0.1) is 24.8 Å². The van der Waals surface area contributed by atoms with Crippen molar-refractivity contribution in [3.8, 4) is 0 Å². The molecule has 6 nitrogen and oxygen atoms in total. The Kier molecular flexibility index (Phi) is 3.91. The van der Waals surface area contributed by atoms with Crippen molar-refractivity contribution in [1.29, 1.82) is 0 Å². The molecule has 0 saturated carbocycles. The number of hydrogen-bond donors (Lipinski definition) is 3. The summed E-state index contributed by atoms with van der Waals surface area (Å²) in [5.41, 5.74) is 6.43. The first-order chi connectivity index (χ1) is 8.74. The predicted octanol–water partition coefficient (Wildman–Crippen LogP) is 0.631. The van der Waals surface area contributed by atoms with E-state index in [4.69, 9.17) is 10.5 Å². The minimum Gasteiger partial charge on any atom is -0.394 e. The first-order valence-electron chi connectivity index (χ1n) is 5.63. The van der Waals surface area contributed by atoms with Crippen LogP contribution in [0.25, 0.3) is 10.9 Å².